The van der Waals surface area contributed by atoms with E-state index in [1.54, 1.807) is 0 Å². The number of benzene rings is 1. The summed E-state index contributed by atoms with van der Waals surface area (Å²) in [4.78, 5) is 0. The van der Waals surface area contributed by atoms with Crippen molar-refractivity contribution in [2.75, 3.05) is 13.2 Å². The van der Waals surface area contributed by atoms with Crippen LogP contribution in [0.3, 0.4) is 0 Å². The topological polar surface area (TPSA) is 18.5 Å². The molecule has 24 heavy (non-hydrogen) atoms. The minimum atomic E-state index is 0.0624. The van der Waals surface area contributed by atoms with Gasteiger partial charge in [0.25, 0.3) is 0 Å². The van der Waals surface area contributed by atoms with Gasteiger partial charge in [0, 0.05) is 5.92 Å². The average molecular weight is 333 g/mol. The van der Waals surface area contributed by atoms with Gasteiger partial charge in [-0.3, -0.25) is 0 Å². The van der Waals surface area contributed by atoms with Crippen LogP contribution in [0.4, 0.5) is 0 Å². The fourth-order valence-electron chi connectivity index (χ4n) is 3.30. The number of ether oxygens (including phenoxy) is 2. The first-order valence-corrected chi connectivity index (χ1v) is 10.1. The molecule has 0 spiro atoms. The van der Waals surface area contributed by atoms with Gasteiger partial charge in [-0.25, -0.2) is 0 Å². The quantitative estimate of drug-likeness (QED) is 0.468. The van der Waals surface area contributed by atoms with Crippen LogP contribution in [0.5, 0.6) is 0 Å². The Hall–Kier alpha value is -0.860. The maximum absolute atomic E-state index is 5.83. The van der Waals surface area contributed by atoms with Gasteiger partial charge in [-0.2, -0.15) is 0 Å². The Morgan fingerprint density at radius 2 is 1.33 bits per heavy atom. The standard InChI is InChI=1S/C22H36O2/c1-3-5-9-19-13-15-20(16-14-19)10-7-8-11-21-17-23-22(24-18-21)12-6-4-2/h13-16,21-22H,3-12,17-18H2,1-2H3. The number of hydrogen-bond acceptors (Lipinski definition) is 2. The Bertz CT molecular complexity index is 418. The van der Waals surface area contributed by atoms with Crippen LogP contribution in [0.25, 0.3) is 0 Å². The molecule has 0 radical (unpaired) electrons. The second kappa shape index (κ2) is 11.7. The molecule has 0 saturated carbocycles. The summed E-state index contributed by atoms with van der Waals surface area (Å²) in [5, 5.41) is 0. The highest BCUT2D eigenvalue weighted by atomic mass is 16.7. The van der Waals surface area contributed by atoms with Crippen molar-refractivity contribution in [3.05, 3.63) is 35.4 Å². The highest BCUT2D eigenvalue weighted by Crippen LogP contribution is 2.20. The molecule has 0 aliphatic carbocycles. The van der Waals surface area contributed by atoms with E-state index in [9.17, 15) is 0 Å². The third kappa shape index (κ3) is 7.36. The predicted octanol–water partition coefficient (Wildman–Crippen LogP) is 5.92. The molecule has 0 amide bonds. The van der Waals surface area contributed by atoms with Crippen molar-refractivity contribution in [2.45, 2.75) is 84.3 Å². The molecular weight excluding hydrogens is 296 g/mol. The average Bonchev–Trinajstić information content (AvgIpc) is 2.64. The summed E-state index contributed by atoms with van der Waals surface area (Å²) in [6.07, 6.45) is 12.3. The largest absolute Gasteiger partial charge is 0.352 e. The van der Waals surface area contributed by atoms with Crippen LogP contribution < -0.4 is 0 Å². The molecule has 1 aromatic carbocycles. The summed E-state index contributed by atoms with van der Waals surface area (Å²) in [7, 11) is 0. The van der Waals surface area contributed by atoms with Crippen LogP contribution in [0.2, 0.25) is 0 Å². The third-order valence-corrected chi connectivity index (χ3v) is 5.00. The van der Waals surface area contributed by atoms with Crippen LogP contribution >= 0.6 is 0 Å². The maximum atomic E-state index is 5.83. The first-order valence-electron chi connectivity index (χ1n) is 10.1. The van der Waals surface area contributed by atoms with E-state index in [1.165, 1.54) is 68.9 Å². The SMILES string of the molecule is CCCCc1ccc(CCCCC2COC(CCCC)OC2)cc1. The van der Waals surface area contributed by atoms with E-state index in [0.717, 1.165) is 19.6 Å². The molecule has 0 N–H and O–H groups in total. The Kier molecular flexibility index (Phi) is 9.45. The molecule has 2 nitrogen and oxygen atoms in total. The van der Waals surface area contributed by atoms with Gasteiger partial charge in [0.05, 0.1) is 13.2 Å². The van der Waals surface area contributed by atoms with E-state index in [2.05, 4.69) is 38.1 Å². The molecule has 1 fully saturated rings. The number of rotatable bonds is 11. The Morgan fingerprint density at radius 1 is 0.750 bits per heavy atom. The van der Waals surface area contributed by atoms with Crippen LogP contribution in [-0.2, 0) is 22.3 Å². The number of aryl methyl sites for hydroxylation is 2. The molecule has 2 heteroatoms. The second-order valence-electron chi connectivity index (χ2n) is 7.27. The van der Waals surface area contributed by atoms with Gasteiger partial charge in [0.15, 0.2) is 6.29 Å². The van der Waals surface area contributed by atoms with Gasteiger partial charge in [-0.05, 0) is 56.1 Å². The van der Waals surface area contributed by atoms with E-state index >= 15 is 0 Å². The van der Waals surface area contributed by atoms with Crippen molar-refractivity contribution >= 4 is 0 Å². The molecule has 1 saturated heterocycles. The first kappa shape index (κ1) is 19.5. The lowest BCUT2D eigenvalue weighted by molar-refractivity contribution is -0.204. The van der Waals surface area contributed by atoms with Gasteiger partial charge in [0.2, 0.25) is 0 Å². The fourth-order valence-corrected chi connectivity index (χ4v) is 3.30. The van der Waals surface area contributed by atoms with Gasteiger partial charge in [-0.1, -0.05) is 57.4 Å². The number of unbranched alkanes of at least 4 members (excludes halogenated alkanes) is 3. The van der Waals surface area contributed by atoms with Gasteiger partial charge < -0.3 is 9.47 Å². The summed E-state index contributed by atoms with van der Waals surface area (Å²) in [6.45, 7) is 6.24. The molecular formula is C22H36O2. The molecule has 1 heterocycles. The first-order chi connectivity index (χ1) is 11.8. The van der Waals surface area contributed by atoms with E-state index in [4.69, 9.17) is 9.47 Å². The van der Waals surface area contributed by atoms with Crippen molar-refractivity contribution < 1.29 is 9.47 Å². The summed E-state index contributed by atoms with van der Waals surface area (Å²) in [6, 6.07) is 9.25. The third-order valence-electron chi connectivity index (χ3n) is 5.00. The van der Waals surface area contributed by atoms with Crippen LogP contribution in [0, 0.1) is 5.92 Å². The molecule has 1 aromatic rings. The van der Waals surface area contributed by atoms with Crippen molar-refractivity contribution in [1.82, 2.24) is 0 Å². The van der Waals surface area contributed by atoms with E-state index in [0.29, 0.717) is 5.92 Å². The molecule has 0 bridgehead atoms. The molecule has 0 aromatic heterocycles. The lowest BCUT2D eigenvalue weighted by Gasteiger charge is -2.29. The van der Waals surface area contributed by atoms with Crippen LogP contribution in [-0.4, -0.2) is 19.5 Å². The Labute approximate surface area is 148 Å². The fraction of sp³-hybridized carbons (Fsp3) is 0.727. The molecule has 2 rings (SSSR count). The maximum Gasteiger partial charge on any atom is 0.157 e. The van der Waals surface area contributed by atoms with Crippen molar-refractivity contribution in [3.8, 4) is 0 Å². The lowest BCUT2D eigenvalue weighted by Crippen LogP contribution is -2.32. The zero-order valence-electron chi connectivity index (χ0n) is 15.8. The zero-order valence-corrected chi connectivity index (χ0v) is 15.8. The highest BCUT2D eigenvalue weighted by Gasteiger charge is 2.21. The van der Waals surface area contributed by atoms with Gasteiger partial charge in [-0.15, -0.1) is 0 Å². The minimum absolute atomic E-state index is 0.0624. The van der Waals surface area contributed by atoms with Gasteiger partial charge >= 0.3 is 0 Å². The predicted molar refractivity (Wildman–Crippen MR) is 101 cm³/mol. The smallest absolute Gasteiger partial charge is 0.157 e. The van der Waals surface area contributed by atoms with E-state index in [1.807, 2.05) is 0 Å². The second-order valence-corrected chi connectivity index (χ2v) is 7.27. The van der Waals surface area contributed by atoms with Crippen molar-refractivity contribution in [3.63, 3.8) is 0 Å². The molecule has 1 aliphatic rings. The molecule has 1 aliphatic heterocycles. The Balaban J connectivity index is 1.55. The summed E-state index contributed by atoms with van der Waals surface area (Å²) in [5.41, 5.74) is 2.96. The minimum Gasteiger partial charge on any atom is -0.352 e. The monoisotopic (exact) mass is 332 g/mol. The van der Waals surface area contributed by atoms with E-state index in [-0.39, 0.29) is 6.29 Å². The number of hydrogen-bond donors (Lipinski definition) is 0. The normalized spacial score (nSPS) is 21.1. The molecule has 0 atom stereocenters. The summed E-state index contributed by atoms with van der Waals surface area (Å²) in [5.74, 6) is 0.597. The van der Waals surface area contributed by atoms with Crippen LogP contribution in [0.15, 0.2) is 24.3 Å². The summed E-state index contributed by atoms with van der Waals surface area (Å²) >= 11 is 0. The summed E-state index contributed by atoms with van der Waals surface area (Å²) < 4.78 is 11.7. The zero-order chi connectivity index (χ0) is 17.0. The van der Waals surface area contributed by atoms with Gasteiger partial charge in [0.1, 0.15) is 0 Å². The highest BCUT2D eigenvalue weighted by molar-refractivity contribution is 5.22. The van der Waals surface area contributed by atoms with Crippen molar-refractivity contribution in [1.29, 1.82) is 0 Å². The van der Waals surface area contributed by atoms with Crippen molar-refractivity contribution in [2.24, 2.45) is 5.92 Å². The molecule has 136 valence electrons. The molecule has 0 unspecified atom stereocenters. The van der Waals surface area contributed by atoms with Crippen LogP contribution in [0.1, 0.15) is 76.3 Å². The van der Waals surface area contributed by atoms with E-state index < -0.39 is 0 Å². The Morgan fingerprint density at radius 3 is 1.92 bits per heavy atom. The lowest BCUT2D eigenvalue weighted by atomic mass is 9.99.